The first-order chi connectivity index (χ1) is 16.4. The van der Waals surface area contributed by atoms with E-state index in [-0.39, 0.29) is 12.5 Å². The first-order valence-electron chi connectivity index (χ1n) is 10.8. The summed E-state index contributed by atoms with van der Waals surface area (Å²) < 4.78 is 5.53. The molecule has 3 aromatic carbocycles. The van der Waals surface area contributed by atoms with Gasteiger partial charge in [-0.3, -0.25) is 14.4 Å². The summed E-state index contributed by atoms with van der Waals surface area (Å²) in [7, 11) is 0. The highest BCUT2D eigenvalue weighted by Crippen LogP contribution is 2.13. The highest BCUT2D eigenvalue weighted by molar-refractivity contribution is 6.39. The molecule has 0 aliphatic rings. The van der Waals surface area contributed by atoms with Gasteiger partial charge in [-0.25, -0.2) is 5.43 Å². The third-order valence-electron chi connectivity index (χ3n) is 4.74. The summed E-state index contributed by atoms with van der Waals surface area (Å²) in [5, 5.41) is 9.10. The molecule has 34 heavy (non-hydrogen) atoms. The van der Waals surface area contributed by atoms with Crippen molar-refractivity contribution in [1.82, 2.24) is 5.43 Å². The average molecular weight is 459 g/mol. The van der Waals surface area contributed by atoms with Gasteiger partial charge in [0.25, 0.3) is 5.91 Å². The van der Waals surface area contributed by atoms with Gasteiger partial charge in [0.1, 0.15) is 5.75 Å². The van der Waals surface area contributed by atoms with Crippen LogP contribution in [0.4, 0.5) is 11.4 Å². The van der Waals surface area contributed by atoms with Crippen molar-refractivity contribution in [1.29, 1.82) is 0 Å². The number of hydrazone groups is 1. The van der Waals surface area contributed by atoms with Crippen molar-refractivity contribution < 1.29 is 19.1 Å². The molecular weight excluding hydrogens is 432 g/mol. The molecule has 0 aliphatic carbocycles. The molecule has 3 rings (SSSR count). The lowest BCUT2D eigenvalue weighted by molar-refractivity contribution is -0.136. The Kier molecular flexibility index (Phi) is 8.51. The highest BCUT2D eigenvalue weighted by Gasteiger charge is 2.12. The van der Waals surface area contributed by atoms with Crippen LogP contribution >= 0.6 is 0 Å². The molecule has 8 heteroatoms. The second-order valence-electron chi connectivity index (χ2n) is 7.48. The van der Waals surface area contributed by atoms with Crippen LogP contribution in [0.25, 0.3) is 0 Å². The fourth-order valence-corrected chi connectivity index (χ4v) is 2.98. The number of aryl methyl sites for hydroxylation is 2. The standard InChI is InChI=1S/C26H26N4O4/c1-3-19-10-12-21(13-11-19)29-25(32)26(33)30-27-16-20-7-5-9-23(15-20)34-17-24(31)28-22-8-4-6-18(2)14-22/h4-16H,3,17H2,1-2H3,(H,28,31)(H,29,32)(H,30,33)/b27-16-. The van der Waals surface area contributed by atoms with Gasteiger partial charge >= 0.3 is 11.8 Å². The molecule has 0 aliphatic heterocycles. The van der Waals surface area contributed by atoms with Crippen LogP contribution in [0.5, 0.6) is 5.75 Å². The molecule has 8 nitrogen and oxygen atoms in total. The van der Waals surface area contributed by atoms with Gasteiger partial charge in [0, 0.05) is 11.4 Å². The zero-order valence-corrected chi connectivity index (χ0v) is 19.0. The molecule has 0 aromatic heterocycles. The lowest BCUT2D eigenvalue weighted by Gasteiger charge is -2.08. The lowest BCUT2D eigenvalue weighted by atomic mass is 10.1. The van der Waals surface area contributed by atoms with E-state index in [1.54, 1.807) is 42.5 Å². The molecule has 3 aromatic rings. The molecule has 0 heterocycles. The lowest BCUT2D eigenvalue weighted by Crippen LogP contribution is -2.32. The number of nitrogens with one attached hydrogen (secondary N) is 3. The Balaban J connectivity index is 1.47. The van der Waals surface area contributed by atoms with Crippen LogP contribution in [0.15, 0.2) is 77.9 Å². The van der Waals surface area contributed by atoms with Crippen LogP contribution in [0.3, 0.4) is 0 Å². The minimum atomic E-state index is -0.893. The molecule has 0 saturated carbocycles. The Labute approximate surface area is 198 Å². The maximum absolute atomic E-state index is 12.1. The topological polar surface area (TPSA) is 109 Å². The monoisotopic (exact) mass is 458 g/mol. The summed E-state index contributed by atoms with van der Waals surface area (Å²) in [6.45, 7) is 3.81. The summed E-state index contributed by atoms with van der Waals surface area (Å²) >= 11 is 0. The zero-order valence-electron chi connectivity index (χ0n) is 19.0. The predicted octanol–water partition coefficient (Wildman–Crippen LogP) is 3.66. The van der Waals surface area contributed by atoms with Gasteiger partial charge in [0.2, 0.25) is 0 Å². The molecule has 0 atom stereocenters. The Morgan fingerprint density at radius 2 is 1.65 bits per heavy atom. The maximum Gasteiger partial charge on any atom is 0.329 e. The van der Waals surface area contributed by atoms with Gasteiger partial charge in [0.05, 0.1) is 6.21 Å². The molecule has 0 fully saturated rings. The number of hydrogen-bond donors (Lipinski definition) is 3. The largest absolute Gasteiger partial charge is 0.484 e. The predicted molar refractivity (Wildman–Crippen MR) is 132 cm³/mol. The maximum atomic E-state index is 12.1. The first-order valence-corrected chi connectivity index (χ1v) is 10.8. The average Bonchev–Trinajstić information content (AvgIpc) is 2.83. The normalized spacial score (nSPS) is 10.5. The second-order valence-corrected chi connectivity index (χ2v) is 7.48. The van der Waals surface area contributed by atoms with Crippen LogP contribution in [-0.2, 0) is 20.8 Å². The highest BCUT2D eigenvalue weighted by atomic mass is 16.5. The van der Waals surface area contributed by atoms with Crippen molar-refractivity contribution >= 4 is 35.3 Å². The third-order valence-corrected chi connectivity index (χ3v) is 4.74. The van der Waals surface area contributed by atoms with Crippen molar-refractivity contribution in [3.8, 4) is 5.75 Å². The molecule has 0 spiro atoms. The molecule has 174 valence electrons. The fourth-order valence-electron chi connectivity index (χ4n) is 2.98. The molecule has 0 radical (unpaired) electrons. The molecule has 3 amide bonds. The van der Waals surface area contributed by atoms with Crippen LogP contribution in [0.2, 0.25) is 0 Å². The summed E-state index contributed by atoms with van der Waals surface area (Å²) in [6, 6.07) is 21.5. The molecule has 0 saturated heterocycles. The van der Waals surface area contributed by atoms with Crippen LogP contribution < -0.4 is 20.8 Å². The van der Waals surface area contributed by atoms with Crippen molar-refractivity contribution in [2.24, 2.45) is 5.10 Å². The summed E-state index contributed by atoms with van der Waals surface area (Å²) in [5.41, 5.74) is 6.21. The van der Waals surface area contributed by atoms with Crippen LogP contribution in [-0.4, -0.2) is 30.5 Å². The number of nitrogens with zero attached hydrogens (tertiary/aromatic N) is 1. The van der Waals surface area contributed by atoms with Crippen LogP contribution in [0, 0.1) is 6.92 Å². The van der Waals surface area contributed by atoms with E-state index in [0.29, 0.717) is 22.7 Å². The fraction of sp³-hybridized carbons (Fsp3) is 0.154. The first kappa shape index (κ1) is 24.2. The van der Waals surface area contributed by atoms with E-state index in [1.807, 2.05) is 44.2 Å². The minimum absolute atomic E-state index is 0.162. The van der Waals surface area contributed by atoms with E-state index in [9.17, 15) is 14.4 Å². The van der Waals surface area contributed by atoms with Gasteiger partial charge in [-0.1, -0.05) is 43.3 Å². The molecule has 3 N–H and O–H groups in total. The van der Waals surface area contributed by atoms with Gasteiger partial charge in [-0.05, 0) is 66.4 Å². The van der Waals surface area contributed by atoms with E-state index in [2.05, 4.69) is 21.2 Å². The van der Waals surface area contributed by atoms with Gasteiger partial charge in [0.15, 0.2) is 6.61 Å². The molecule has 0 bridgehead atoms. The Bertz CT molecular complexity index is 1190. The Morgan fingerprint density at radius 3 is 2.38 bits per heavy atom. The van der Waals surface area contributed by atoms with E-state index >= 15 is 0 Å². The number of carbonyl (C=O) groups excluding carboxylic acids is 3. The second kappa shape index (κ2) is 12.0. The number of benzene rings is 3. The van der Waals surface area contributed by atoms with Gasteiger partial charge in [-0.15, -0.1) is 0 Å². The van der Waals surface area contributed by atoms with Crippen molar-refractivity contribution in [2.75, 3.05) is 17.2 Å². The van der Waals surface area contributed by atoms with E-state index in [1.165, 1.54) is 6.21 Å². The van der Waals surface area contributed by atoms with Crippen molar-refractivity contribution in [3.05, 3.63) is 89.5 Å². The third kappa shape index (κ3) is 7.59. The smallest absolute Gasteiger partial charge is 0.329 e. The number of rotatable bonds is 8. The molecule has 0 unspecified atom stereocenters. The van der Waals surface area contributed by atoms with Crippen molar-refractivity contribution in [3.63, 3.8) is 0 Å². The Hall–Kier alpha value is -4.46. The van der Waals surface area contributed by atoms with Gasteiger partial charge < -0.3 is 15.4 Å². The quantitative estimate of drug-likeness (QED) is 0.272. The van der Waals surface area contributed by atoms with Crippen molar-refractivity contribution in [2.45, 2.75) is 20.3 Å². The number of hydrogen-bond acceptors (Lipinski definition) is 5. The SMILES string of the molecule is CCc1ccc(NC(=O)C(=O)N/N=C\c2cccc(OCC(=O)Nc3cccc(C)c3)c2)cc1. The minimum Gasteiger partial charge on any atom is -0.484 e. The number of anilines is 2. The van der Waals surface area contributed by atoms with E-state index < -0.39 is 11.8 Å². The van der Waals surface area contributed by atoms with E-state index in [4.69, 9.17) is 4.74 Å². The number of carbonyl (C=O) groups is 3. The van der Waals surface area contributed by atoms with Crippen LogP contribution in [0.1, 0.15) is 23.6 Å². The summed E-state index contributed by atoms with van der Waals surface area (Å²) in [6.07, 6.45) is 2.26. The van der Waals surface area contributed by atoms with E-state index in [0.717, 1.165) is 17.5 Å². The summed E-state index contributed by atoms with van der Waals surface area (Å²) in [4.78, 5) is 36.1. The zero-order chi connectivity index (χ0) is 24.3. The number of amides is 3. The van der Waals surface area contributed by atoms with Gasteiger partial charge in [-0.2, -0.15) is 5.10 Å². The molecular formula is C26H26N4O4. The Morgan fingerprint density at radius 1 is 0.882 bits per heavy atom. The summed E-state index contributed by atoms with van der Waals surface area (Å²) in [5.74, 6) is -1.54. The number of ether oxygens (including phenoxy) is 1.